The molecule has 1 aromatic carbocycles. The molecule has 3 heteroatoms. The van der Waals surface area contributed by atoms with Crippen LogP contribution in [0.15, 0.2) is 46.4 Å². The van der Waals surface area contributed by atoms with Crippen molar-refractivity contribution in [2.45, 2.75) is 58.3 Å². The van der Waals surface area contributed by atoms with Gasteiger partial charge in [0.05, 0.1) is 10.8 Å². The molecule has 3 rings (SSSR count). The zero-order valence-electron chi connectivity index (χ0n) is 15.2. The number of rotatable bonds is 3. The summed E-state index contributed by atoms with van der Waals surface area (Å²) in [5.74, 6) is 1.13. The highest BCUT2D eigenvalue weighted by molar-refractivity contribution is 7.85. The number of Topliss-reactive ketones (excluding diaryl/α,β-unsaturated/α-hetero) is 1. The molecule has 0 N–H and O–H groups in total. The van der Waals surface area contributed by atoms with Crippen LogP contribution in [0.3, 0.4) is 0 Å². The molecule has 1 aromatic rings. The summed E-state index contributed by atoms with van der Waals surface area (Å²) < 4.78 is 13.0. The molecule has 1 unspecified atom stereocenters. The van der Waals surface area contributed by atoms with E-state index < -0.39 is 16.2 Å². The molecule has 130 valence electrons. The van der Waals surface area contributed by atoms with E-state index in [9.17, 15) is 9.00 Å². The highest BCUT2D eigenvalue weighted by Gasteiger charge is 2.54. The van der Waals surface area contributed by atoms with Crippen molar-refractivity contribution in [1.82, 2.24) is 0 Å². The van der Waals surface area contributed by atoms with Crippen molar-refractivity contribution < 1.29 is 9.00 Å². The Bertz CT molecular complexity index is 702. The first-order chi connectivity index (χ1) is 11.2. The predicted octanol–water partition coefficient (Wildman–Crippen LogP) is 4.92. The van der Waals surface area contributed by atoms with E-state index in [0.29, 0.717) is 23.9 Å². The largest absolute Gasteiger partial charge is 0.299 e. The highest BCUT2D eigenvalue weighted by Crippen LogP contribution is 2.55. The topological polar surface area (TPSA) is 34.1 Å². The number of ketones is 1. The third-order valence-corrected chi connectivity index (χ3v) is 7.61. The molecule has 0 heterocycles. The maximum absolute atomic E-state index is 13.2. The summed E-state index contributed by atoms with van der Waals surface area (Å²) in [6, 6.07) is 9.60. The minimum Gasteiger partial charge on any atom is -0.299 e. The van der Waals surface area contributed by atoms with Crippen LogP contribution in [0.25, 0.3) is 0 Å². The van der Waals surface area contributed by atoms with Gasteiger partial charge < -0.3 is 0 Å². The number of hydrogen-bond donors (Lipinski definition) is 0. The van der Waals surface area contributed by atoms with E-state index >= 15 is 0 Å². The van der Waals surface area contributed by atoms with Crippen molar-refractivity contribution in [1.29, 1.82) is 0 Å². The third-order valence-electron chi connectivity index (χ3n) is 6.03. The van der Waals surface area contributed by atoms with Gasteiger partial charge >= 0.3 is 0 Å². The maximum Gasteiger partial charge on any atom is 0.141 e. The lowest BCUT2D eigenvalue weighted by Gasteiger charge is -2.51. The van der Waals surface area contributed by atoms with Crippen molar-refractivity contribution in [2.24, 2.45) is 16.7 Å². The van der Waals surface area contributed by atoms with Crippen LogP contribution < -0.4 is 0 Å². The molecule has 2 aliphatic rings. The molecule has 24 heavy (non-hydrogen) atoms. The van der Waals surface area contributed by atoms with E-state index in [1.54, 1.807) is 0 Å². The normalized spacial score (nSPS) is 30.8. The molecule has 0 saturated heterocycles. The number of allylic oxidation sites excluding steroid dienone is 2. The van der Waals surface area contributed by atoms with Gasteiger partial charge in [0.1, 0.15) is 5.78 Å². The van der Waals surface area contributed by atoms with Crippen molar-refractivity contribution >= 4 is 16.6 Å². The lowest BCUT2D eigenvalue weighted by atomic mass is 9.53. The number of carbonyl (C=O) groups excluding carboxylic acids is 1. The second kappa shape index (κ2) is 6.25. The van der Waals surface area contributed by atoms with Crippen LogP contribution in [0.1, 0.15) is 53.4 Å². The Hall–Kier alpha value is -1.22. The SMILES string of the molecule is CC1=C(C)C[C@@]2(CS(=O)c3ccccc3)C(=O)CC(C)(C)C[C@@H]2C1. The fourth-order valence-corrected chi connectivity index (χ4v) is 6.18. The van der Waals surface area contributed by atoms with Gasteiger partial charge in [-0.2, -0.15) is 0 Å². The molecule has 0 amide bonds. The van der Waals surface area contributed by atoms with Crippen LogP contribution in [-0.2, 0) is 15.6 Å². The van der Waals surface area contributed by atoms with Crippen LogP contribution in [0, 0.1) is 16.7 Å². The van der Waals surface area contributed by atoms with Crippen LogP contribution in [-0.4, -0.2) is 15.7 Å². The van der Waals surface area contributed by atoms with E-state index in [1.807, 2.05) is 30.3 Å². The molecule has 0 spiro atoms. The molecule has 1 fully saturated rings. The van der Waals surface area contributed by atoms with Gasteiger partial charge in [0.2, 0.25) is 0 Å². The average molecular weight is 345 g/mol. The second-order valence-electron chi connectivity index (χ2n) is 8.57. The monoisotopic (exact) mass is 344 g/mol. The van der Waals surface area contributed by atoms with E-state index in [0.717, 1.165) is 24.2 Å². The first kappa shape index (κ1) is 17.6. The Labute approximate surface area is 148 Å². The molecule has 0 aromatic heterocycles. The fraction of sp³-hybridized carbons (Fsp3) is 0.571. The molecule has 1 saturated carbocycles. The Morgan fingerprint density at radius 1 is 1.08 bits per heavy atom. The van der Waals surface area contributed by atoms with Gasteiger partial charge in [-0.1, -0.05) is 43.2 Å². The minimum atomic E-state index is -1.12. The first-order valence-electron chi connectivity index (χ1n) is 8.85. The third kappa shape index (κ3) is 3.15. The van der Waals surface area contributed by atoms with Crippen LogP contribution >= 0.6 is 0 Å². The maximum atomic E-state index is 13.2. The summed E-state index contributed by atoms with van der Waals surface area (Å²) >= 11 is 0. The molecule has 3 atom stereocenters. The van der Waals surface area contributed by atoms with Crippen LogP contribution in [0.4, 0.5) is 0 Å². The molecular weight excluding hydrogens is 316 g/mol. The quantitative estimate of drug-likeness (QED) is 0.730. The van der Waals surface area contributed by atoms with E-state index in [1.165, 1.54) is 11.1 Å². The second-order valence-corrected chi connectivity index (χ2v) is 10.0. The van der Waals surface area contributed by atoms with Gasteiger partial charge in [0, 0.05) is 22.5 Å². The van der Waals surface area contributed by atoms with Crippen molar-refractivity contribution in [2.75, 3.05) is 5.75 Å². The molecule has 2 aliphatic carbocycles. The van der Waals surface area contributed by atoms with E-state index in [4.69, 9.17) is 0 Å². The summed E-state index contributed by atoms with van der Waals surface area (Å²) in [6.45, 7) is 8.73. The van der Waals surface area contributed by atoms with Crippen molar-refractivity contribution in [3.8, 4) is 0 Å². The Kier molecular flexibility index (Phi) is 4.59. The summed E-state index contributed by atoms with van der Waals surface area (Å²) in [6.07, 6.45) is 3.43. The molecular formula is C21H28O2S. The van der Waals surface area contributed by atoms with Gasteiger partial charge in [-0.3, -0.25) is 9.00 Å². The highest BCUT2D eigenvalue weighted by atomic mass is 32.2. The van der Waals surface area contributed by atoms with Gasteiger partial charge in [-0.05, 0) is 56.6 Å². The van der Waals surface area contributed by atoms with Crippen LogP contribution in [0.5, 0.6) is 0 Å². The zero-order chi connectivity index (χ0) is 17.5. The molecule has 0 radical (unpaired) electrons. The Morgan fingerprint density at radius 3 is 2.42 bits per heavy atom. The molecule has 2 nitrogen and oxygen atoms in total. The summed E-state index contributed by atoms with van der Waals surface area (Å²) in [5, 5.41) is 0. The Balaban J connectivity index is 1.97. The van der Waals surface area contributed by atoms with Crippen LogP contribution in [0.2, 0.25) is 0 Å². The number of carbonyl (C=O) groups is 1. The number of fused-ring (bicyclic) bond motifs is 1. The first-order valence-corrected chi connectivity index (χ1v) is 10.2. The summed E-state index contributed by atoms with van der Waals surface area (Å²) in [4.78, 5) is 14.1. The van der Waals surface area contributed by atoms with Gasteiger partial charge in [-0.25, -0.2) is 0 Å². The fourth-order valence-electron chi connectivity index (χ4n) is 4.59. The van der Waals surface area contributed by atoms with Crippen molar-refractivity contribution in [3.63, 3.8) is 0 Å². The predicted molar refractivity (Wildman–Crippen MR) is 99.3 cm³/mol. The number of hydrogen-bond acceptors (Lipinski definition) is 2. The number of benzene rings is 1. The summed E-state index contributed by atoms with van der Waals surface area (Å²) in [7, 11) is -1.12. The molecule has 0 bridgehead atoms. The smallest absolute Gasteiger partial charge is 0.141 e. The zero-order valence-corrected chi connectivity index (χ0v) is 16.0. The molecule has 0 aliphatic heterocycles. The summed E-state index contributed by atoms with van der Waals surface area (Å²) in [5.41, 5.74) is 2.38. The lowest BCUT2D eigenvalue weighted by Crippen LogP contribution is -2.51. The van der Waals surface area contributed by atoms with Gasteiger partial charge in [0.15, 0.2) is 0 Å². The standard InChI is InChI=1S/C21H28O2S/c1-15-10-17-12-20(3,4)13-19(22)21(17,11-16(15)2)14-24(23)18-8-6-5-7-9-18/h5-9,17H,10-14H2,1-4H3/t17-,21-,24?/m0/s1. The van der Waals surface area contributed by atoms with Crippen molar-refractivity contribution in [3.05, 3.63) is 41.5 Å². The van der Waals surface area contributed by atoms with E-state index in [-0.39, 0.29) is 5.41 Å². The Morgan fingerprint density at radius 2 is 1.75 bits per heavy atom. The van der Waals surface area contributed by atoms with Gasteiger partial charge in [0.25, 0.3) is 0 Å². The van der Waals surface area contributed by atoms with E-state index in [2.05, 4.69) is 27.7 Å². The van der Waals surface area contributed by atoms with Gasteiger partial charge in [-0.15, -0.1) is 0 Å². The average Bonchev–Trinajstić information content (AvgIpc) is 2.51. The minimum absolute atomic E-state index is 0.0605. The lowest BCUT2D eigenvalue weighted by molar-refractivity contribution is -0.139.